The van der Waals surface area contributed by atoms with Gasteiger partial charge in [0, 0.05) is 17.5 Å². The molecular weight excluding hydrogens is 267 g/mol. The van der Waals surface area contributed by atoms with E-state index in [-0.39, 0.29) is 10.9 Å². The summed E-state index contributed by atoms with van der Waals surface area (Å²) >= 11 is 5.70. The van der Waals surface area contributed by atoms with Crippen LogP contribution in [0.2, 0.25) is 0 Å². The molecule has 0 radical (unpaired) electrons. The third-order valence-corrected chi connectivity index (χ3v) is 2.52. The van der Waals surface area contributed by atoms with Gasteiger partial charge in [0.15, 0.2) is 0 Å². The Bertz CT molecular complexity index is 401. The van der Waals surface area contributed by atoms with E-state index in [1.54, 1.807) is 6.92 Å². The number of rotatable bonds is 4. The molecule has 0 bridgehead atoms. The zero-order chi connectivity index (χ0) is 13.8. The Hall–Kier alpha value is -1.23. The molecular formula is C12H13ClF3NO. The van der Waals surface area contributed by atoms with Crippen LogP contribution in [-0.2, 0) is 6.18 Å². The molecule has 0 fully saturated rings. The second-order valence-electron chi connectivity index (χ2n) is 3.90. The van der Waals surface area contributed by atoms with Gasteiger partial charge in [-0.05, 0) is 37.6 Å². The topological polar surface area (TPSA) is 29.1 Å². The molecule has 1 aromatic rings. The van der Waals surface area contributed by atoms with E-state index in [0.29, 0.717) is 13.0 Å². The van der Waals surface area contributed by atoms with Crippen molar-refractivity contribution in [2.45, 2.75) is 24.9 Å². The van der Waals surface area contributed by atoms with Crippen molar-refractivity contribution in [1.29, 1.82) is 0 Å². The van der Waals surface area contributed by atoms with Crippen LogP contribution in [0.25, 0.3) is 0 Å². The Balaban J connectivity index is 2.60. The van der Waals surface area contributed by atoms with Crippen molar-refractivity contribution in [3.63, 3.8) is 0 Å². The molecule has 0 saturated carbocycles. The van der Waals surface area contributed by atoms with E-state index in [1.807, 2.05) is 0 Å². The first-order chi connectivity index (χ1) is 8.30. The second kappa shape index (κ2) is 6.09. The number of hydrogen-bond donors (Lipinski definition) is 1. The Kier molecular flexibility index (Phi) is 5.02. The van der Waals surface area contributed by atoms with E-state index in [2.05, 4.69) is 5.32 Å². The van der Waals surface area contributed by atoms with Crippen LogP contribution >= 0.6 is 11.6 Å². The van der Waals surface area contributed by atoms with E-state index >= 15 is 0 Å². The molecule has 2 nitrogen and oxygen atoms in total. The Morgan fingerprint density at radius 2 is 1.89 bits per heavy atom. The van der Waals surface area contributed by atoms with E-state index in [0.717, 1.165) is 24.3 Å². The number of carbonyl (C=O) groups excluding carboxylic acids is 1. The number of amides is 1. The number of hydrogen-bond acceptors (Lipinski definition) is 1. The van der Waals surface area contributed by atoms with Crippen molar-refractivity contribution in [1.82, 2.24) is 5.32 Å². The fourth-order valence-corrected chi connectivity index (χ4v) is 1.41. The van der Waals surface area contributed by atoms with Crippen molar-refractivity contribution < 1.29 is 18.0 Å². The Labute approximate surface area is 108 Å². The summed E-state index contributed by atoms with van der Waals surface area (Å²) < 4.78 is 36.9. The van der Waals surface area contributed by atoms with Crippen molar-refractivity contribution in [3.05, 3.63) is 35.4 Å². The maximum absolute atomic E-state index is 12.3. The van der Waals surface area contributed by atoms with Crippen molar-refractivity contribution in [2.24, 2.45) is 0 Å². The number of carbonyl (C=O) groups is 1. The molecule has 18 heavy (non-hydrogen) atoms. The third kappa shape index (κ3) is 4.56. The van der Waals surface area contributed by atoms with E-state index < -0.39 is 17.6 Å². The van der Waals surface area contributed by atoms with Gasteiger partial charge in [-0.15, -0.1) is 11.6 Å². The average Bonchev–Trinajstić information content (AvgIpc) is 2.27. The number of alkyl halides is 4. The molecule has 0 aliphatic rings. The zero-order valence-electron chi connectivity index (χ0n) is 9.72. The SMILES string of the molecule is CC(Cl)CCNC(=O)c1ccc(C(F)(F)F)cc1. The van der Waals surface area contributed by atoms with Crippen LogP contribution < -0.4 is 5.32 Å². The molecule has 0 heterocycles. The lowest BCUT2D eigenvalue weighted by Crippen LogP contribution is -2.25. The highest BCUT2D eigenvalue weighted by Gasteiger charge is 2.30. The van der Waals surface area contributed by atoms with Crippen molar-refractivity contribution >= 4 is 17.5 Å². The van der Waals surface area contributed by atoms with E-state index in [4.69, 9.17) is 11.6 Å². The molecule has 0 spiro atoms. The van der Waals surface area contributed by atoms with Crippen LogP contribution in [0.4, 0.5) is 13.2 Å². The molecule has 1 unspecified atom stereocenters. The molecule has 100 valence electrons. The first-order valence-electron chi connectivity index (χ1n) is 5.40. The summed E-state index contributed by atoms with van der Waals surface area (Å²) in [6.07, 6.45) is -3.78. The van der Waals surface area contributed by atoms with Crippen molar-refractivity contribution in [3.8, 4) is 0 Å². The molecule has 0 aromatic heterocycles. The molecule has 0 aliphatic heterocycles. The summed E-state index contributed by atoms with van der Waals surface area (Å²) in [6, 6.07) is 4.09. The van der Waals surface area contributed by atoms with Gasteiger partial charge in [0.1, 0.15) is 0 Å². The lowest BCUT2D eigenvalue weighted by molar-refractivity contribution is -0.137. The molecule has 1 aromatic carbocycles. The summed E-state index contributed by atoms with van der Waals surface area (Å²) in [5.41, 5.74) is -0.571. The van der Waals surface area contributed by atoms with Gasteiger partial charge < -0.3 is 5.32 Å². The summed E-state index contributed by atoms with van der Waals surface area (Å²) in [5, 5.41) is 2.53. The Morgan fingerprint density at radius 1 is 1.33 bits per heavy atom. The highest BCUT2D eigenvalue weighted by molar-refractivity contribution is 6.20. The molecule has 1 amide bonds. The summed E-state index contributed by atoms with van der Waals surface area (Å²) in [4.78, 5) is 11.6. The van der Waals surface area contributed by atoms with Crippen LogP contribution in [0.5, 0.6) is 0 Å². The van der Waals surface area contributed by atoms with Gasteiger partial charge in [0.05, 0.1) is 5.56 Å². The largest absolute Gasteiger partial charge is 0.416 e. The summed E-state index contributed by atoms with van der Waals surface area (Å²) in [7, 11) is 0. The minimum Gasteiger partial charge on any atom is -0.352 e. The first-order valence-corrected chi connectivity index (χ1v) is 5.84. The minimum atomic E-state index is -4.39. The van der Waals surface area contributed by atoms with Crippen molar-refractivity contribution in [2.75, 3.05) is 6.54 Å². The maximum atomic E-state index is 12.3. The molecule has 1 atom stereocenters. The van der Waals surface area contributed by atoms with Gasteiger partial charge in [-0.2, -0.15) is 13.2 Å². The van der Waals surface area contributed by atoms with Crippen LogP contribution in [-0.4, -0.2) is 17.8 Å². The third-order valence-electron chi connectivity index (χ3n) is 2.30. The van der Waals surface area contributed by atoms with Gasteiger partial charge in [0.25, 0.3) is 5.91 Å². The monoisotopic (exact) mass is 279 g/mol. The minimum absolute atomic E-state index is 0.0575. The van der Waals surface area contributed by atoms with Crippen LogP contribution in [0.3, 0.4) is 0 Å². The standard InChI is InChI=1S/C12H13ClF3NO/c1-8(13)6-7-17-11(18)9-2-4-10(5-3-9)12(14,15)16/h2-5,8H,6-7H2,1H3,(H,17,18). The van der Waals surface area contributed by atoms with Gasteiger partial charge in [-0.1, -0.05) is 0 Å². The molecule has 1 N–H and O–H groups in total. The van der Waals surface area contributed by atoms with Gasteiger partial charge in [0.2, 0.25) is 0 Å². The van der Waals surface area contributed by atoms with Gasteiger partial charge in [-0.25, -0.2) is 0 Å². The number of halogens is 4. The van der Waals surface area contributed by atoms with E-state index in [1.165, 1.54) is 0 Å². The highest BCUT2D eigenvalue weighted by Crippen LogP contribution is 2.28. The molecule has 6 heteroatoms. The predicted molar refractivity (Wildman–Crippen MR) is 63.7 cm³/mol. The Morgan fingerprint density at radius 3 is 2.33 bits per heavy atom. The lowest BCUT2D eigenvalue weighted by atomic mass is 10.1. The highest BCUT2D eigenvalue weighted by atomic mass is 35.5. The number of nitrogens with one attached hydrogen (secondary N) is 1. The smallest absolute Gasteiger partial charge is 0.352 e. The number of benzene rings is 1. The summed E-state index contributed by atoms with van der Waals surface area (Å²) in [6.45, 7) is 2.19. The van der Waals surface area contributed by atoms with Crippen LogP contribution in [0.1, 0.15) is 29.3 Å². The normalized spacial score (nSPS) is 13.2. The second-order valence-corrected chi connectivity index (χ2v) is 4.65. The van der Waals surface area contributed by atoms with E-state index in [9.17, 15) is 18.0 Å². The fraction of sp³-hybridized carbons (Fsp3) is 0.417. The first kappa shape index (κ1) is 14.8. The maximum Gasteiger partial charge on any atom is 0.416 e. The average molecular weight is 280 g/mol. The van der Waals surface area contributed by atoms with Gasteiger partial charge in [-0.3, -0.25) is 4.79 Å². The molecule has 0 aliphatic carbocycles. The lowest BCUT2D eigenvalue weighted by Gasteiger charge is -2.08. The molecule has 0 saturated heterocycles. The quantitative estimate of drug-likeness (QED) is 0.841. The zero-order valence-corrected chi connectivity index (χ0v) is 10.5. The fourth-order valence-electron chi connectivity index (χ4n) is 1.30. The summed E-state index contributed by atoms with van der Waals surface area (Å²) in [5.74, 6) is -0.402. The van der Waals surface area contributed by atoms with Crippen LogP contribution in [0, 0.1) is 0 Å². The van der Waals surface area contributed by atoms with Gasteiger partial charge >= 0.3 is 6.18 Å². The van der Waals surface area contributed by atoms with Crippen LogP contribution in [0.15, 0.2) is 24.3 Å². The molecule has 1 rings (SSSR count). The predicted octanol–water partition coefficient (Wildman–Crippen LogP) is 3.45.